The second kappa shape index (κ2) is 4.07. The molecule has 0 aromatic carbocycles. The lowest BCUT2D eigenvalue weighted by molar-refractivity contribution is -0.107. The first-order valence-electron chi connectivity index (χ1n) is 3.45. The zero-order valence-corrected chi connectivity index (χ0v) is 6.57. The number of nitrogens with zero attached hydrogens (tertiary/aromatic N) is 1. The monoisotopic (exact) mass is 178 g/mol. The van der Waals surface area contributed by atoms with Crippen LogP contribution in [-0.4, -0.2) is 27.6 Å². The Balaban J connectivity index is 2.90. The van der Waals surface area contributed by atoms with Crippen LogP contribution in [0.4, 0.5) is 0 Å². The Hall–Kier alpha value is -2.09. The SMILES string of the molecule is O=CCC#Cc1cn[nH]c1C(=O)O. The van der Waals surface area contributed by atoms with Gasteiger partial charge in [-0.1, -0.05) is 11.8 Å². The maximum atomic E-state index is 10.5. The van der Waals surface area contributed by atoms with Crippen molar-refractivity contribution in [3.05, 3.63) is 17.5 Å². The number of aromatic carboxylic acids is 1. The minimum Gasteiger partial charge on any atom is -0.476 e. The first-order chi connectivity index (χ1) is 6.25. The molecule has 0 saturated carbocycles. The number of aromatic nitrogens is 2. The van der Waals surface area contributed by atoms with Crippen LogP contribution in [0.1, 0.15) is 22.5 Å². The Morgan fingerprint density at radius 3 is 3.15 bits per heavy atom. The van der Waals surface area contributed by atoms with Gasteiger partial charge in [-0.15, -0.1) is 0 Å². The number of rotatable bonds is 2. The number of H-pyrrole nitrogens is 1. The zero-order valence-electron chi connectivity index (χ0n) is 6.57. The molecule has 0 aliphatic heterocycles. The summed E-state index contributed by atoms with van der Waals surface area (Å²) >= 11 is 0. The standard InChI is InChI=1S/C8H6N2O3/c11-4-2-1-3-6-5-9-10-7(6)8(12)13/h4-5H,2H2,(H,9,10)(H,12,13). The van der Waals surface area contributed by atoms with Crippen LogP contribution in [0.25, 0.3) is 0 Å². The van der Waals surface area contributed by atoms with Crippen LogP contribution in [-0.2, 0) is 4.79 Å². The van der Waals surface area contributed by atoms with Crippen molar-refractivity contribution >= 4 is 12.3 Å². The van der Waals surface area contributed by atoms with E-state index in [1.807, 2.05) is 0 Å². The van der Waals surface area contributed by atoms with Gasteiger partial charge in [0.05, 0.1) is 18.2 Å². The Kier molecular flexibility index (Phi) is 2.82. The molecule has 0 aliphatic carbocycles. The van der Waals surface area contributed by atoms with E-state index in [2.05, 4.69) is 22.0 Å². The van der Waals surface area contributed by atoms with E-state index in [-0.39, 0.29) is 17.7 Å². The Morgan fingerprint density at radius 2 is 2.54 bits per heavy atom. The molecule has 1 rings (SSSR count). The normalized spacial score (nSPS) is 8.62. The van der Waals surface area contributed by atoms with Crippen molar-refractivity contribution in [3.63, 3.8) is 0 Å². The number of hydrogen-bond donors (Lipinski definition) is 2. The van der Waals surface area contributed by atoms with Gasteiger partial charge in [0.1, 0.15) is 6.29 Å². The summed E-state index contributed by atoms with van der Waals surface area (Å²) < 4.78 is 0. The van der Waals surface area contributed by atoms with Crippen molar-refractivity contribution in [2.24, 2.45) is 0 Å². The summed E-state index contributed by atoms with van der Waals surface area (Å²) in [5.74, 6) is 3.89. The molecule has 5 heteroatoms. The maximum absolute atomic E-state index is 10.5. The predicted molar refractivity (Wildman–Crippen MR) is 43.1 cm³/mol. The van der Waals surface area contributed by atoms with Crippen molar-refractivity contribution in [2.45, 2.75) is 6.42 Å². The van der Waals surface area contributed by atoms with Gasteiger partial charge in [-0.25, -0.2) is 4.79 Å². The van der Waals surface area contributed by atoms with E-state index in [0.717, 1.165) is 0 Å². The van der Waals surface area contributed by atoms with Crippen LogP contribution in [0.2, 0.25) is 0 Å². The van der Waals surface area contributed by atoms with Crippen molar-refractivity contribution in [2.75, 3.05) is 0 Å². The van der Waals surface area contributed by atoms with Gasteiger partial charge >= 0.3 is 5.97 Å². The van der Waals surface area contributed by atoms with Gasteiger partial charge in [-0.2, -0.15) is 5.10 Å². The smallest absolute Gasteiger partial charge is 0.355 e. The van der Waals surface area contributed by atoms with Crippen LogP contribution in [0.15, 0.2) is 6.20 Å². The summed E-state index contributed by atoms with van der Waals surface area (Å²) in [5, 5.41) is 14.4. The summed E-state index contributed by atoms with van der Waals surface area (Å²) in [6.07, 6.45) is 2.04. The summed E-state index contributed by atoms with van der Waals surface area (Å²) in [4.78, 5) is 20.4. The molecule has 0 atom stereocenters. The molecule has 1 heterocycles. The molecule has 0 fully saturated rings. The topological polar surface area (TPSA) is 83.0 Å². The average molecular weight is 178 g/mol. The third-order valence-corrected chi connectivity index (χ3v) is 1.26. The highest BCUT2D eigenvalue weighted by Gasteiger charge is 2.09. The van der Waals surface area contributed by atoms with Crippen molar-refractivity contribution in [1.29, 1.82) is 0 Å². The molecule has 1 aromatic rings. The molecule has 5 nitrogen and oxygen atoms in total. The minimum atomic E-state index is -1.12. The molecule has 0 spiro atoms. The van der Waals surface area contributed by atoms with Crippen LogP contribution in [0, 0.1) is 11.8 Å². The highest BCUT2D eigenvalue weighted by molar-refractivity contribution is 5.88. The van der Waals surface area contributed by atoms with Crippen LogP contribution in [0.5, 0.6) is 0 Å². The zero-order chi connectivity index (χ0) is 9.68. The summed E-state index contributed by atoms with van der Waals surface area (Å²) in [6, 6.07) is 0. The second-order valence-electron chi connectivity index (χ2n) is 2.14. The molecule has 66 valence electrons. The van der Waals surface area contributed by atoms with Crippen molar-refractivity contribution in [1.82, 2.24) is 10.2 Å². The fourth-order valence-electron chi connectivity index (χ4n) is 0.732. The summed E-state index contributed by atoms with van der Waals surface area (Å²) in [6.45, 7) is 0. The van der Waals surface area contributed by atoms with Gasteiger partial charge in [-0.05, 0) is 0 Å². The molecular formula is C8H6N2O3. The lowest BCUT2D eigenvalue weighted by atomic mass is 10.2. The number of hydrogen-bond acceptors (Lipinski definition) is 3. The van der Waals surface area contributed by atoms with Gasteiger partial charge in [0.15, 0.2) is 5.69 Å². The molecule has 2 N–H and O–H groups in total. The largest absolute Gasteiger partial charge is 0.476 e. The molecule has 0 saturated heterocycles. The first kappa shape index (κ1) is 9.00. The maximum Gasteiger partial charge on any atom is 0.355 e. The minimum absolute atomic E-state index is 0.0570. The second-order valence-corrected chi connectivity index (χ2v) is 2.14. The number of carboxylic acids is 1. The van der Waals surface area contributed by atoms with Gasteiger partial charge in [0.25, 0.3) is 0 Å². The van der Waals surface area contributed by atoms with Gasteiger partial charge < -0.3 is 9.90 Å². The lowest BCUT2D eigenvalue weighted by Crippen LogP contribution is -1.98. The van der Waals surface area contributed by atoms with Crippen molar-refractivity contribution in [3.8, 4) is 11.8 Å². The molecular weight excluding hydrogens is 172 g/mol. The molecule has 0 amide bonds. The molecule has 0 bridgehead atoms. The number of nitrogens with one attached hydrogen (secondary N) is 1. The quantitative estimate of drug-likeness (QED) is 0.495. The highest BCUT2D eigenvalue weighted by atomic mass is 16.4. The summed E-state index contributed by atoms with van der Waals surface area (Å²) in [5.41, 5.74) is 0.229. The number of carbonyl (C=O) groups is 2. The first-order valence-corrected chi connectivity index (χ1v) is 3.45. The fourth-order valence-corrected chi connectivity index (χ4v) is 0.732. The molecule has 1 aromatic heterocycles. The van der Waals surface area contributed by atoms with Crippen LogP contribution in [0.3, 0.4) is 0 Å². The molecule has 0 aliphatic rings. The number of carbonyl (C=O) groups excluding carboxylic acids is 1. The van der Waals surface area contributed by atoms with E-state index in [4.69, 9.17) is 5.11 Å². The van der Waals surface area contributed by atoms with Crippen LogP contribution >= 0.6 is 0 Å². The average Bonchev–Trinajstić information content (AvgIpc) is 2.53. The Bertz CT molecular complexity index is 384. The molecule has 0 radical (unpaired) electrons. The van der Waals surface area contributed by atoms with Gasteiger partial charge in [-0.3, -0.25) is 5.10 Å². The highest BCUT2D eigenvalue weighted by Crippen LogP contribution is 2.01. The van der Waals surface area contributed by atoms with Gasteiger partial charge in [0.2, 0.25) is 0 Å². The van der Waals surface area contributed by atoms with E-state index in [1.165, 1.54) is 6.20 Å². The van der Waals surface area contributed by atoms with E-state index < -0.39 is 5.97 Å². The fraction of sp³-hybridized carbons (Fsp3) is 0.125. The van der Waals surface area contributed by atoms with E-state index in [1.54, 1.807) is 0 Å². The summed E-state index contributed by atoms with van der Waals surface area (Å²) in [7, 11) is 0. The Labute approximate surface area is 73.8 Å². The number of aldehydes is 1. The predicted octanol–water partition coefficient (Wildman–Crippen LogP) is 0.0484. The molecule has 13 heavy (non-hydrogen) atoms. The lowest BCUT2D eigenvalue weighted by Gasteiger charge is -1.86. The van der Waals surface area contributed by atoms with Crippen LogP contribution < -0.4 is 0 Å². The number of carboxylic acid groups (broad SMARTS) is 1. The third-order valence-electron chi connectivity index (χ3n) is 1.26. The number of aromatic amines is 1. The Morgan fingerprint density at radius 1 is 1.77 bits per heavy atom. The van der Waals surface area contributed by atoms with Crippen molar-refractivity contribution < 1.29 is 14.7 Å². The van der Waals surface area contributed by atoms with E-state index in [0.29, 0.717) is 6.29 Å². The third kappa shape index (κ3) is 2.17. The molecule has 0 unspecified atom stereocenters. The van der Waals surface area contributed by atoms with Gasteiger partial charge in [0, 0.05) is 0 Å². The van der Waals surface area contributed by atoms with E-state index >= 15 is 0 Å². The van der Waals surface area contributed by atoms with E-state index in [9.17, 15) is 9.59 Å².